The number of piperidine rings is 1. The Kier molecular flexibility index (Phi) is 12.1. The lowest BCUT2D eigenvalue weighted by Gasteiger charge is -2.52. The second-order valence-corrected chi connectivity index (χ2v) is 12.9. The van der Waals surface area contributed by atoms with Gasteiger partial charge in [-0.15, -0.1) is 10.1 Å². The zero-order valence-electron chi connectivity index (χ0n) is 27.7. The van der Waals surface area contributed by atoms with Gasteiger partial charge >= 0.3 is 6.09 Å². The van der Waals surface area contributed by atoms with Gasteiger partial charge in [0, 0.05) is 45.2 Å². The molecule has 1 saturated heterocycles. The van der Waals surface area contributed by atoms with Gasteiger partial charge in [0.1, 0.15) is 18.1 Å². The van der Waals surface area contributed by atoms with E-state index in [4.69, 9.17) is 18.9 Å². The second kappa shape index (κ2) is 16.0. The van der Waals surface area contributed by atoms with Crippen molar-refractivity contribution in [2.75, 3.05) is 65.1 Å². The van der Waals surface area contributed by atoms with Crippen LogP contribution in [0.2, 0.25) is 0 Å². The fraction of sp³-hybridized carbons (Fsp3) is 0.576. The van der Waals surface area contributed by atoms with Crippen LogP contribution in [0.4, 0.5) is 10.5 Å². The first-order chi connectivity index (χ1) is 22.4. The SMILES string of the molecule is COCCCN1CCOc2ccc(CO[C@H]3C(C(C)(C)C)N(C(=O)O)C[C@@H](CNC(=O)CO[N+](=O)[O-])[C@@H]3c3ccc(OC)cc3)cc21. The van der Waals surface area contributed by atoms with Gasteiger partial charge in [-0.3, -0.25) is 4.79 Å². The maximum atomic E-state index is 12.8. The quantitative estimate of drug-likeness (QED) is 0.172. The molecule has 4 rings (SSSR count). The van der Waals surface area contributed by atoms with Crippen molar-refractivity contribution in [3.63, 3.8) is 0 Å². The number of anilines is 1. The van der Waals surface area contributed by atoms with E-state index in [0.717, 1.165) is 42.1 Å². The molecule has 0 bridgehead atoms. The van der Waals surface area contributed by atoms with Gasteiger partial charge in [0.25, 0.3) is 5.09 Å². The zero-order chi connectivity index (χ0) is 34.1. The molecular formula is C33H46N4O10. The molecule has 2 aliphatic rings. The van der Waals surface area contributed by atoms with Crippen molar-refractivity contribution in [1.29, 1.82) is 0 Å². The zero-order valence-corrected chi connectivity index (χ0v) is 27.7. The number of carboxylic acid groups (broad SMARTS) is 1. The van der Waals surface area contributed by atoms with Crippen LogP contribution in [-0.2, 0) is 25.7 Å². The number of hydrogen-bond donors (Lipinski definition) is 2. The van der Waals surface area contributed by atoms with Gasteiger partial charge in [0.2, 0.25) is 5.91 Å². The van der Waals surface area contributed by atoms with Gasteiger partial charge in [-0.25, -0.2) is 4.79 Å². The molecule has 0 aliphatic carbocycles. The molecule has 2 aromatic carbocycles. The molecule has 1 unspecified atom stereocenters. The first kappa shape index (κ1) is 35.6. The minimum absolute atomic E-state index is 0.0454. The summed E-state index contributed by atoms with van der Waals surface area (Å²) in [5.74, 6) is -0.0130. The van der Waals surface area contributed by atoms with Crippen LogP contribution in [0, 0.1) is 21.4 Å². The topological polar surface area (TPSA) is 162 Å². The average molecular weight is 659 g/mol. The summed E-state index contributed by atoms with van der Waals surface area (Å²) in [4.78, 5) is 43.7. The van der Waals surface area contributed by atoms with Crippen LogP contribution >= 0.6 is 0 Å². The van der Waals surface area contributed by atoms with Gasteiger partial charge in [-0.2, -0.15) is 0 Å². The van der Waals surface area contributed by atoms with E-state index in [1.54, 1.807) is 14.2 Å². The van der Waals surface area contributed by atoms with Gasteiger partial charge in [0.15, 0.2) is 6.61 Å². The Morgan fingerprint density at radius 2 is 1.89 bits per heavy atom. The molecule has 0 saturated carbocycles. The highest BCUT2D eigenvalue weighted by Gasteiger charge is 2.51. The van der Waals surface area contributed by atoms with Crippen molar-refractivity contribution in [1.82, 2.24) is 10.2 Å². The number of methoxy groups -OCH3 is 2. The molecule has 2 amide bonds. The third kappa shape index (κ3) is 9.16. The van der Waals surface area contributed by atoms with E-state index in [1.807, 2.05) is 57.2 Å². The number of rotatable bonds is 14. The van der Waals surface area contributed by atoms with Crippen LogP contribution in [0.15, 0.2) is 42.5 Å². The van der Waals surface area contributed by atoms with Gasteiger partial charge in [-0.05, 0) is 47.2 Å². The number of nitrogens with zero attached hydrogens (tertiary/aromatic N) is 3. The third-order valence-electron chi connectivity index (χ3n) is 8.64. The second-order valence-electron chi connectivity index (χ2n) is 12.9. The van der Waals surface area contributed by atoms with E-state index >= 15 is 0 Å². The van der Waals surface area contributed by atoms with E-state index in [2.05, 4.69) is 21.1 Å². The summed E-state index contributed by atoms with van der Waals surface area (Å²) in [6, 6.07) is 12.9. The molecule has 14 heteroatoms. The molecule has 14 nitrogen and oxygen atoms in total. The Bertz CT molecular complexity index is 1370. The number of carbonyl (C=O) groups excluding carboxylic acids is 1. The van der Waals surface area contributed by atoms with Crippen molar-refractivity contribution in [3.8, 4) is 11.5 Å². The standard InChI is InChI=1S/C33H46N4O10/c1-33(2,3)31-30(46-20-22-7-12-27-26(17-22)35(14-16-45-27)13-6-15-43-4)29(23-8-10-25(44-5)11-9-23)24(19-36(31)32(39)40)18-34-28(38)21-47-37(41)42/h7-12,17,24,29-31H,6,13-16,18-21H2,1-5H3,(H,34,38)(H,39,40)/t24-,29+,30-,31?/m1/s1. The minimum atomic E-state index is -1.10. The Labute approximate surface area is 275 Å². The number of likely N-dealkylation sites (tertiary alicyclic amines) is 1. The number of fused-ring (bicyclic) bond motifs is 1. The maximum absolute atomic E-state index is 12.8. The Hall–Kier alpha value is -4.30. The summed E-state index contributed by atoms with van der Waals surface area (Å²) in [6.45, 7) is 8.37. The Morgan fingerprint density at radius 3 is 2.53 bits per heavy atom. The smallest absolute Gasteiger partial charge is 0.407 e. The normalized spacial score (nSPS) is 21.0. The third-order valence-corrected chi connectivity index (χ3v) is 8.64. The van der Waals surface area contributed by atoms with Crippen molar-refractivity contribution in [2.24, 2.45) is 11.3 Å². The summed E-state index contributed by atoms with van der Waals surface area (Å²) in [5.41, 5.74) is 2.24. The molecule has 0 aromatic heterocycles. The summed E-state index contributed by atoms with van der Waals surface area (Å²) < 4.78 is 23.4. The van der Waals surface area contributed by atoms with Crippen LogP contribution in [-0.4, -0.2) is 99.5 Å². The molecule has 258 valence electrons. The number of hydrogen-bond acceptors (Lipinski definition) is 10. The average Bonchev–Trinajstić information content (AvgIpc) is 3.04. The van der Waals surface area contributed by atoms with Crippen molar-refractivity contribution in [3.05, 3.63) is 63.7 Å². The minimum Gasteiger partial charge on any atom is -0.497 e. The van der Waals surface area contributed by atoms with Gasteiger partial charge in [-0.1, -0.05) is 39.0 Å². The number of ether oxygens (including phenoxy) is 4. The lowest BCUT2D eigenvalue weighted by molar-refractivity contribution is -0.754. The molecule has 2 aliphatic heterocycles. The molecule has 2 aromatic rings. The molecular weight excluding hydrogens is 612 g/mol. The van der Waals surface area contributed by atoms with Crippen molar-refractivity contribution < 1.29 is 43.6 Å². The van der Waals surface area contributed by atoms with Gasteiger partial charge < -0.3 is 44.0 Å². The lowest BCUT2D eigenvalue weighted by atomic mass is 9.68. The van der Waals surface area contributed by atoms with Gasteiger partial charge in [0.05, 0.1) is 38.1 Å². The highest BCUT2D eigenvalue weighted by molar-refractivity contribution is 5.77. The first-order valence-corrected chi connectivity index (χ1v) is 15.7. The predicted molar refractivity (Wildman–Crippen MR) is 172 cm³/mol. The fourth-order valence-electron chi connectivity index (χ4n) is 6.59. The number of benzene rings is 2. The van der Waals surface area contributed by atoms with E-state index < -0.39 is 47.2 Å². The summed E-state index contributed by atoms with van der Waals surface area (Å²) >= 11 is 0. The van der Waals surface area contributed by atoms with Crippen LogP contribution in [0.1, 0.15) is 44.2 Å². The van der Waals surface area contributed by atoms with Crippen LogP contribution < -0.4 is 19.7 Å². The van der Waals surface area contributed by atoms with Crippen molar-refractivity contribution >= 4 is 17.7 Å². The Morgan fingerprint density at radius 1 is 1.15 bits per heavy atom. The predicted octanol–water partition coefficient (Wildman–Crippen LogP) is 3.95. The maximum Gasteiger partial charge on any atom is 0.407 e. The summed E-state index contributed by atoms with van der Waals surface area (Å²) in [6.07, 6.45) is -0.857. The summed E-state index contributed by atoms with van der Waals surface area (Å²) in [5, 5.41) is 22.7. The number of amides is 2. The largest absolute Gasteiger partial charge is 0.497 e. The van der Waals surface area contributed by atoms with E-state index in [0.29, 0.717) is 19.0 Å². The molecule has 0 spiro atoms. The van der Waals surface area contributed by atoms with E-state index in [-0.39, 0.29) is 25.6 Å². The molecule has 0 radical (unpaired) electrons. The molecule has 4 atom stereocenters. The molecule has 47 heavy (non-hydrogen) atoms. The van der Waals surface area contributed by atoms with Crippen LogP contribution in [0.5, 0.6) is 11.5 Å². The number of nitrogens with one attached hydrogen (secondary N) is 1. The molecule has 2 N–H and O–H groups in total. The van der Waals surface area contributed by atoms with E-state index in [9.17, 15) is 24.8 Å². The number of carbonyl (C=O) groups is 2. The highest BCUT2D eigenvalue weighted by Crippen LogP contribution is 2.44. The van der Waals surface area contributed by atoms with Crippen LogP contribution in [0.25, 0.3) is 0 Å². The summed E-state index contributed by atoms with van der Waals surface area (Å²) in [7, 11) is 3.27. The molecule has 1 fully saturated rings. The fourth-order valence-corrected chi connectivity index (χ4v) is 6.59. The van der Waals surface area contributed by atoms with Crippen LogP contribution in [0.3, 0.4) is 0 Å². The Balaban J connectivity index is 1.69. The van der Waals surface area contributed by atoms with E-state index in [1.165, 1.54) is 4.90 Å². The first-order valence-electron chi connectivity index (χ1n) is 15.7. The monoisotopic (exact) mass is 658 g/mol. The lowest BCUT2D eigenvalue weighted by Crippen LogP contribution is -2.63. The van der Waals surface area contributed by atoms with Crippen molar-refractivity contribution in [2.45, 2.75) is 51.9 Å². The molecule has 2 heterocycles. The highest BCUT2D eigenvalue weighted by atomic mass is 16.9.